The van der Waals surface area contributed by atoms with Crippen molar-refractivity contribution in [2.75, 3.05) is 0 Å². The molecular formula is C14H20O. The summed E-state index contributed by atoms with van der Waals surface area (Å²) in [6.07, 6.45) is 9.52. The zero-order valence-corrected chi connectivity index (χ0v) is 9.27. The average molecular weight is 204 g/mol. The van der Waals surface area contributed by atoms with E-state index in [2.05, 4.69) is 0 Å². The van der Waals surface area contributed by atoms with Crippen molar-refractivity contribution in [3.63, 3.8) is 0 Å². The van der Waals surface area contributed by atoms with Crippen molar-refractivity contribution >= 4 is 6.29 Å². The Morgan fingerprint density at radius 1 is 0.933 bits per heavy atom. The predicted molar refractivity (Wildman–Crippen MR) is 58.2 cm³/mol. The zero-order chi connectivity index (χ0) is 9.99. The van der Waals surface area contributed by atoms with Crippen LogP contribution in [0.1, 0.15) is 38.5 Å². The van der Waals surface area contributed by atoms with E-state index in [-0.39, 0.29) is 0 Å². The Hall–Kier alpha value is -0.330. The van der Waals surface area contributed by atoms with Crippen molar-refractivity contribution in [1.29, 1.82) is 0 Å². The van der Waals surface area contributed by atoms with E-state index in [0.29, 0.717) is 0 Å². The highest BCUT2D eigenvalue weighted by Crippen LogP contribution is 2.69. The Balaban J connectivity index is 1.63. The summed E-state index contributed by atoms with van der Waals surface area (Å²) in [6.45, 7) is 0. The molecule has 0 aliphatic heterocycles. The minimum Gasteiger partial charge on any atom is -0.303 e. The fourth-order valence-electron chi connectivity index (χ4n) is 6.10. The number of carbonyl (C=O) groups is 1. The van der Waals surface area contributed by atoms with Gasteiger partial charge in [0.15, 0.2) is 0 Å². The molecule has 0 spiro atoms. The number of aldehydes is 1. The molecule has 4 fully saturated rings. The summed E-state index contributed by atoms with van der Waals surface area (Å²) in [6, 6.07) is 0. The second-order valence-corrected chi connectivity index (χ2v) is 6.55. The molecule has 0 N–H and O–H groups in total. The first-order chi connectivity index (χ1) is 7.38. The average Bonchev–Trinajstić information content (AvgIpc) is 2.95. The lowest BCUT2D eigenvalue weighted by Crippen LogP contribution is -2.32. The van der Waals surface area contributed by atoms with Gasteiger partial charge >= 0.3 is 0 Å². The second-order valence-electron chi connectivity index (χ2n) is 6.55. The first-order valence-electron chi connectivity index (χ1n) is 6.82. The van der Waals surface area contributed by atoms with Crippen molar-refractivity contribution in [2.24, 2.45) is 41.4 Å². The first kappa shape index (κ1) is 8.78. The molecule has 0 aromatic heterocycles. The van der Waals surface area contributed by atoms with Crippen molar-refractivity contribution in [1.82, 2.24) is 0 Å². The molecule has 15 heavy (non-hydrogen) atoms. The van der Waals surface area contributed by atoms with Crippen LogP contribution in [0.3, 0.4) is 0 Å². The van der Waals surface area contributed by atoms with E-state index >= 15 is 0 Å². The Morgan fingerprint density at radius 3 is 2.53 bits per heavy atom. The van der Waals surface area contributed by atoms with Crippen molar-refractivity contribution < 1.29 is 4.79 Å². The largest absolute Gasteiger partial charge is 0.303 e. The van der Waals surface area contributed by atoms with Crippen molar-refractivity contribution in [3.05, 3.63) is 0 Å². The van der Waals surface area contributed by atoms with Crippen molar-refractivity contribution in [3.8, 4) is 0 Å². The smallest absolute Gasteiger partial charge is 0.120 e. The third kappa shape index (κ3) is 0.976. The molecule has 0 aromatic rings. The van der Waals surface area contributed by atoms with E-state index < -0.39 is 0 Å². The molecule has 0 aromatic carbocycles. The van der Waals surface area contributed by atoms with Crippen LogP contribution in [0.4, 0.5) is 0 Å². The molecule has 4 aliphatic rings. The quantitative estimate of drug-likeness (QED) is 0.499. The van der Waals surface area contributed by atoms with Crippen LogP contribution in [-0.2, 0) is 4.79 Å². The van der Waals surface area contributed by atoms with Gasteiger partial charge in [0.05, 0.1) is 0 Å². The Labute approximate surface area is 91.6 Å². The maximum Gasteiger partial charge on any atom is 0.120 e. The van der Waals surface area contributed by atoms with Crippen LogP contribution in [0, 0.1) is 41.4 Å². The summed E-state index contributed by atoms with van der Waals surface area (Å²) in [5.41, 5.74) is 0. The van der Waals surface area contributed by atoms with Crippen LogP contribution in [0.2, 0.25) is 0 Å². The first-order valence-corrected chi connectivity index (χ1v) is 6.82. The molecule has 0 radical (unpaired) electrons. The number of hydrogen-bond acceptors (Lipinski definition) is 1. The molecule has 7 unspecified atom stereocenters. The number of carbonyl (C=O) groups excluding carboxylic acids is 1. The lowest BCUT2D eigenvalue weighted by Gasteiger charge is -2.38. The molecule has 4 aliphatic carbocycles. The van der Waals surface area contributed by atoms with Crippen LogP contribution < -0.4 is 0 Å². The maximum absolute atomic E-state index is 10.7. The highest BCUT2D eigenvalue weighted by Gasteiger charge is 2.61. The summed E-state index contributed by atoms with van der Waals surface area (Å²) in [5, 5.41) is 0. The SMILES string of the molecule is O=CCC1CC2CC1C1C3CCC(C3)C21. The Bertz CT molecular complexity index is 298. The predicted octanol–water partition coefficient (Wildman–Crippen LogP) is 2.89. The van der Waals surface area contributed by atoms with Gasteiger partial charge in [-0.25, -0.2) is 0 Å². The van der Waals surface area contributed by atoms with E-state index in [1.54, 1.807) is 6.42 Å². The minimum absolute atomic E-state index is 0.785. The summed E-state index contributed by atoms with van der Waals surface area (Å²) >= 11 is 0. The van der Waals surface area contributed by atoms with Gasteiger partial charge in [-0.2, -0.15) is 0 Å². The van der Waals surface area contributed by atoms with Crippen LogP contribution in [0.15, 0.2) is 0 Å². The second kappa shape index (κ2) is 2.87. The Morgan fingerprint density at radius 2 is 1.73 bits per heavy atom. The number of rotatable bonds is 2. The monoisotopic (exact) mass is 204 g/mol. The zero-order valence-electron chi connectivity index (χ0n) is 9.27. The summed E-state index contributed by atoms with van der Waals surface area (Å²) < 4.78 is 0. The molecule has 7 atom stereocenters. The fourth-order valence-corrected chi connectivity index (χ4v) is 6.10. The summed E-state index contributed by atoms with van der Waals surface area (Å²) in [5.74, 6) is 7.12. The molecule has 82 valence electrons. The van der Waals surface area contributed by atoms with E-state index in [1.807, 2.05) is 0 Å². The van der Waals surface area contributed by atoms with Crippen LogP contribution in [0.25, 0.3) is 0 Å². The van der Waals surface area contributed by atoms with Gasteiger partial charge in [-0.05, 0) is 73.5 Å². The van der Waals surface area contributed by atoms with Gasteiger partial charge in [0.2, 0.25) is 0 Å². The molecule has 1 nitrogen and oxygen atoms in total. The lowest BCUT2D eigenvalue weighted by molar-refractivity contribution is -0.109. The standard InChI is InChI=1S/C14H20O/c15-4-3-8-5-11-7-12(8)14-10-2-1-9(6-10)13(11)14/h4,8-14H,1-3,5-7H2. The highest BCUT2D eigenvalue weighted by molar-refractivity contribution is 5.50. The summed E-state index contributed by atoms with van der Waals surface area (Å²) in [7, 11) is 0. The lowest BCUT2D eigenvalue weighted by atomic mass is 9.67. The molecule has 0 amide bonds. The maximum atomic E-state index is 10.7. The van der Waals surface area contributed by atoms with Crippen LogP contribution in [0.5, 0.6) is 0 Å². The van der Waals surface area contributed by atoms with E-state index in [0.717, 1.165) is 47.8 Å². The third-order valence-electron chi connectivity index (χ3n) is 6.27. The molecular weight excluding hydrogens is 184 g/mol. The van der Waals surface area contributed by atoms with Gasteiger partial charge in [-0.3, -0.25) is 0 Å². The molecule has 0 saturated heterocycles. The highest BCUT2D eigenvalue weighted by atomic mass is 16.1. The fraction of sp³-hybridized carbons (Fsp3) is 0.929. The van der Waals surface area contributed by atoms with Crippen molar-refractivity contribution in [2.45, 2.75) is 38.5 Å². The number of hydrogen-bond donors (Lipinski definition) is 0. The van der Waals surface area contributed by atoms with E-state index in [4.69, 9.17) is 0 Å². The normalized spacial score (nSPS) is 59.9. The minimum atomic E-state index is 0.785. The van der Waals surface area contributed by atoms with Gasteiger partial charge in [0, 0.05) is 6.42 Å². The molecule has 4 rings (SSSR count). The van der Waals surface area contributed by atoms with Crippen LogP contribution >= 0.6 is 0 Å². The van der Waals surface area contributed by atoms with Gasteiger partial charge in [-0.15, -0.1) is 0 Å². The summed E-state index contributed by atoms with van der Waals surface area (Å²) in [4.78, 5) is 10.7. The molecule has 4 saturated carbocycles. The van der Waals surface area contributed by atoms with E-state index in [1.165, 1.54) is 32.0 Å². The van der Waals surface area contributed by atoms with Gasteiger partial charge in [0.1, 0.15) is 6.29 Å². The van der Waals surface area contributed by atoms with Crippen LogP contribution in [-0.4, -0.2) is 6.29 Å². The topological polar surface area (TPSA) is 17.1 Å². The molecule has 1 heteroatoms. The third-order valence-corrected chi connectivity index (χ3v) is 6.27. The Kier molecular flexibility index (Phi) is 1.68. The van der Waals surface area contributed by atoms with Gasteiger partial charge in [0.25, 0.3) is 0 Å². The molecule has 4 bridgehead atoms. The number of fused-ring (bicyclic) bond motifs is 9. The van der Waals surface area contributed by atoms with Gasteiger partial charge in [-0.1, -0.05) is 0 Å². The molecule has 0 heterocycles. The van der Waals surface area contributed by atoms with Gasteiger partial charge < -0.3 is 4.79 Å². The van der Waals surface area contributed by atoms with E-state index in [9.17, 15) is 4.79 Å².